The van der Waals surface area contributed by atoms with Gasteiger partial charge in [0.1, 0.15) is 0 Å². The number of nitrogens with zero attached hydrogens (tertiary/aromatic N) is 2. The van der Waals surface area contributed by atoms with Gasteiger partial charge in [-0.1, -0.05) is 206 Å². The molecule has 14 aromatic carbocycles. The van der Waals surface area contributed by atoms with Gasteiger partial charge in [-0.2, -0.15) is 0 Å². The molecule has 14 rings (SSSR count). The van der Waals surface area contributed by atoms with Crippen LogP contribution >= 0.6 is 0 Å². The van der Waals surface area contributed by atoms with Gasteiger partial charge in [0.15, 0.2) is 0 Å². The highest BCUT2D eigenvalue weighted by molar-refractivity contribution is 6.32. The van der Waals surface area contributed by atoms with Gasteiger partial charge in [-0.3, -0.25) is 0 Å². The van der Waals surface area contributed by atoms with E-state index in [-0.39, 0.29) is 0 Å². The summed E-state index contributed by atoms with van der Waals surface area (Å²) in [6.45, 7) is 0. The first-order chi connectivity index (χ1) is 34.7. The first-order valence-electron chi connectivity index (χ1n) is 24.2. The third kappa shape index (κ3) is 6.57. The lowest BCUT2D eigenvalue weighted by Crippen LogP contribution is -2.12. The Kier molecular flexibility index (Phi) is 9.25. The minimum Gasteiger partial charge on any atom is -0.310 e. The highest BCUT2D eigenvalue weighted by Gasteiger charge is 2.26. The molecule has 0 saturated heterocycles. The zero-order chi connectivity index (χ0) is 46.1. The Morgan fingerprint density at radius 2 is 0.471 bits per heavy atom. The van der Waals surface area contributed by atoms with E-state index in [1.54, 1.807) is 0 Å². The molecule has 70 heavy (non-hydrogen) atoms. The van der Waals surface area contributed by atoms with Crippen LogP contribution in [0.5, 0.6) is 0 Å². The van der Waals surface area contributed by atoms with Crippen LogP contribution in [0.4, 0.5) is 34.1 Å². The number of rotatable bonds is 8. The number of anilines is 6. The number of hydrogen-bond donors (Lipinski definition) is 0. The minimum atomic E-state index is 1.10. The second-order valence-corrected chi connectivity index (χ2v) is 18.5. The molecule has 0 aromatic heterocycles. The molecule has 0 heterocycles. The van der Waals surface area contributed by atoms with Gasteiger partial charge in [0.05, 0.1) is 11.4 Å². The van der Waals surface area contributed by atoms with Crippen molar-refractivity contribution in [1.29, 1.82) is 0 Å². The third-order valence-corrected chi connectivity index (χ3v) is 14.5. The normalized spacial score (nSPS) is 11.7. The van der Waals surface area contributed by atoms with Crippen LogP contribution in [0.15, 0.2) is 267 Å². The summed E-state index contributed by atoms with van der Waals surface area (Å²) in [7, 11) is 0. The smallest absolute Gasteiger partial charge is 0.0546 e. The van der Waals surface area contributed by atoms with Crippen LogP contribution in [-0.2, 0) is 0 Å². The van der Waals surface area contributed by atoms with Crippen LogP contribution in [-0.4, -0.2) is 0 Å². The van der Waals surface area contributed by atoms with Crippen LogP contribution in [0.3, 0.4) is 0 Å². The standard InChI is InChI=1S/C68H44N2/c1-3-19-49(20-4-1)63-43-65(69(55-31-27-45-15-7-11-23-51(45)39-55)56-32-28-46-16-8-12-24-52(46)40-56)61-38-36-60-64(50-21-5-2-6-22-50)44-66(62-37-35-59(63)67(61)68(60)62)70(57-33-29-47-17-9-13-25-53(47)41-57)58-34-30-48-18-10-14-26-54(48)42-58/h1-44H. The zero-order valence-electron chi connectivity index (χ0n) is 38.3. The summed E-state index contributed by atoms with van der Waals surface area (Å²) in [6, 6.07) is 98.6. The summed E-state index contributed by atoms with van der Waals surface area (Å²) in [5.41, 5.74) is 11.4. The Balaban J connectivity index is 1.13. The van der Waals surface area contributed by atoms with Gasteiger partial charge in [0.2, 0.25) is 0 Å². The Hall–Kier alpha value is -9.24. The van der Waals surface area contributed by atoms with Gasteiger partial charge in [0, 0.05) is 44.3 Å². The number of hydrogen-bond acceptors (Lipinski definition) is 2. The summed E-state index contributed by atoms with van der Waals surface area (Å²) >= 11 is 0. The summed E-state index contributed by atoms with van der Waals surface area (Å²) in [6.07, 6.45) is 0. The van der Waals surface area contributed by atoms with E-state index in [1.165, 1.54) is 97.7 Å². The molecule has 14 aromatic rings. The first kappa shape index (κ1) is 39.9. The predicted octanol–water partition coefficient (Wildman–Crippen LogP) is 19.5. The lowest BCUT2D eigenvalue weighted by molar-refractivity contribution is 1.31. The van der Waals surface area contributed by atoms with Crippen LogP contribution < -0.4 is 9.80 Å². The molecule has 0 aliphatic heterocycles. The fraction of sp³-hybridized carbons (Fsp3) is 0. The maximum absolute atomic E-state index is 2.49. The van der Waals surface area contributed by atoms with Crippen LogP contribution in [0.2, 0.25) is 0 Å². The maximum atomic E-state index is 2.49. The minimum absolute atomic E-state index is 1.10. The van der Waals surface area contributed by atoms with E-state index in [1.807, 2.05) is 0 Å². The van der Waals surface area contributed by atoms with E-state index in [0.717, 1.165) is 34.1 Å². The molecule has 0 bridgehead atoms. The number of benzene rings is 14. The second kappa shape index (κ2) is 16.2. The Morgan fingerprint density at radius 3 is 0.786 bits per heavy atom. The molecular formula is C68H44N2. The van der Waals surface area contributed by atoms with E-state index in [2.05, 4.69) is 277 Å². The van der Waals surface area contributed by atoms with Gasteiger partial charge in [0.25, 0.3) is 0 Å². The molecule has 0 atom stereocenters. The summed E-state index contributed by atoms with van der Waals surface area (Å²) in [5, 5.41) is 17.0. The van der Waals surface area contributed by atoms with Crippen molar-refractivity contribution in [2.24, 2.45) is 0 Å². The fourth-order valence-electron chi connectivity index (χ4n) is 11.2. The van der Waals surface area contributed by atoms with Gasteiger partial charge in [-0.05, 0) is 137 Å². The highest BCUT2D eigenvalue weighted by atomic mass is 15.2. The highest BCUT2D eigenvalue weighted by Crippen LogP contribution is 2.52. The second-order valence-electron chi connectivity index (χ2n) is 18.5. The van der Waals surface area contributed by atoms with Gasteiger partial charge >= 0.3 is 0 Å². The molecule has 2 nitrogen and oxygen atoms in total. The molecule has 0 aliphatic carbocycles. The predicted molar refractivity (Wildman–Crippen MR) is 300 cm³/mol. The van der Waals surface area contributed by atoms with Crippen LogP contribution in [0.1, 0.15) is 0 Å². The SMILES string of the molecule is c1ccc(-c2cc(N(c3ccc4ccccc4c3)c3ccc4ccccc4c3)c3ccc4c(-c5ccccc5)cc(N(c5ccc6ccccc6c5)c5ccc6ccccc6c5)c5ccc2c3c45)cc1. The molecule has 2 heteroatoms. The first-order valence-corrected chi connectivity index (χ1v) is 24.2. The average molecular weight is 889 g/mol. The van der Waals surface area contributed by atoms with E-state index in [4.69, 9.17) is 0 Å². The van der Waals surface area contributed by atoms with Crippen molar-refractivity contribution in [3.8, 4) is 22.3 Å². The van der Waals surface area contributed by atoms with Crippen LogP contribution in [0, 0.1) is 0 Å². The molecule has 326 valence electrons. The van der Waals surface area contributed by atoms with Gasteiger partial charge < -0.3 is 9.80 Å². The van der Waals surface area contributed by atoms with Crippen molar-refractivity contribution in [3.63, 3.8) is 0 Å². The van der Waals surface area contributed by atoms with E-state index in [9.17, 15) is 0 Å². The van der Waals surface area contributed by atoms with Crippen LogP contribution in [0.25, 0.3) is 97.7 Å². The Morgan fingerprint density at radius 1 is 0.200 bits per heavy atom. The summed E-state index contributed by atoms with van der Waals surface area (Å²) in [4.78, 5) is 4.99. The Bertz CT molecular complexity index is 3870. The van der Waals surface area contributed by atoms with Crippen molar-refractivity contribution in [3.05, 3.63) is 267 Å². The van der Waals surface area contributed by atoms with Crippen molar-refractivity contribution < 1.29 is 0 Å². The molecule has 0 amide bonds. The Labute approximate surface area is 406 Å². The third-order valence-electron chi connectivity index (χ3n) is 14.5. The van der Waals surface area contributed by atoms with Crippen molar-refractivity contribution in [2.45, 2.75) is 0 Å². The van der Waals surface area contributed by atoms with Gasteiger partial charge in [-0.15, -0.1) is 0 Å². The van der Waals surface area contributed by atoms with E-state index in [0.29, 0.717) is 0 Å². The lowest BCUT2D eigenvalue weighted by Gasteiger charge is -2.31. The van der Waals surface area contributed by atoms with Crippen molar-refractivity contribution in [1.82, 2.24) is 0 Å². The monoisotopic (exact) mass is 888 g/mol. The molecule has 0 fully saturated rings. The van der Waals surface area contributed by atoms with Crippen molar-refractivity contribution >= 4 is 110 Å². The van der Waals surface area contributed by atoms with E-state index >= 15 is 0 Å². The topological polar surface area (TPSA) is 6.48 Å². The van der Waals surface area contributed by atoms with Crippen molar-refractivity contribution in [2.75, 3.05) is 9.80 Å². The van der Waals surface area contributed by atoms with E-state index < -0.39 is 0 Å². The fourth-order valence-corrected chi connectivity index (χ4v) is 11.2. The molecular weight excluding hydrogens is 845 g/mol. The molecule has 0 spiro atoms. The number of fused-ring (bicyclic) bond motifs is 4. The lowest BCUT2D eigenvalue weighted by atomic mass is 9.85. The average Bonchev–Trinajstić information content (AvgIpc) is 3.43. The molecule has 0 N–H and O–H groups in total. The maximum Gasteiger partial charge on any atom is 0.0546 e. The largest absolute Gasteiger partial charge is 0.310 e. The molecule has 0 saturated carbocycles. The summed E-state index contributed by atoms with van der Waals surface area (Å²) < 4.78 is 0. The van der Waals surface area contributed by atoms with Gasteiger partial charge in [-0.25, -0.2) is 0 Å². The summed E-state index contributed by atoms with van der Waals surface area (Å²) in [5.74, 6) is 0. The molecule has 0 radical (unpaired) electrons. The zero-order valence-corrected chi connectivity index (χ0v) is 38.3. The molecule has 0 unspecified atom stereocenters. The molecule has 0 aliphatic rings. The quantitative estimate of drug-likeness (QED) is 0.140.